The summed E-state index contributed by atoms with van der Waals surface area (Å²) in [4.78, 5) is 15.0. The highest BCUT2D eigenvalue weighted by atomic mass is 16.2. The number of piperidine rings is 1. The molecule has 1 saturated heterocycles. The van der Waals surface area contributed by atoms with E-state index < -0.39 is 0 Å². The number of carbonyl (C=O) groups excluding carboxylic acids is 1. The molecule has 22 heavy (non-hydrogen) atoms. The summed E-state index contributed by atoms with van der Waals surface area (Å²) < 4.78 is 0. The van der Waals surface area contributed by atoms with Crippen LogP contribution in [-0.4, -0.2) is 43.0 Å². The number of para-hydroxylation sites is 1. The summed E-state index contributed by atoms with van der Waals surface area (Å²) in [7, 11) is 0. The number of benzene rings is 1. The Morgan fingerprint density at radius 1 is 1.23 bits per heavy atom. The van der Waals surface area contributed by atoms with E-state index in [1.165, 1.54) is 18.4 Å². The first-order valence-corrected chi connectivity index (χ1v) is 8.61. The third-order valence-electron chi connectivity index (χ3n) is 5.04. The van der Waals surface area contributed by atoms with Crippen LogP contribution in [-0.2, 0) is 11.2 Å². The zero-order valence-corrected chi connectivity index (χ0v) is 13.5. The Kier molecular flexibility index (Phi) is 5.11. The summed E-state index contributed by atoms with van der Waals surface area (Å²) >= 11 is 0. The molecular weight excluding hydrogens is 274 g/mol. The van der Waals surface area contributed by atoms with Gasteiger partial charge in [-0.05, 0) is 69.4 Å². The number of amides is 1. The molecule has 4 heteroatoms. The first kappa shape index (κ1) is 15.5. The van der Waals surface area contributed by atoms with Crippen molar-refractivity contribution < 1.29 is 4.79 Å². The molecule has 120 valence electrons. The van der Waals surface area contributed by atoms with Gasteiger partial charge in [0.1, 0.15) is 0 Å². The van der Waals surface area contributed by atoms with E-state index in [-0.39, 0.29) is 11.9 Å². The van der Waals surface area contributed by atoms with Gasteiger partial charge < -0.3 is 10.6 Å². The lowest BCUT2D eigenvalue weighted by Gasteiger charge is -2.36. The Bertz CT molecular complexity index is 509. The third-order valence-corrected chi connectivity index (χ3v) is 5.04. The molecule has 1 aromatic carbocycles. The Hall–Kier alpha value is -1.39. The van der Waals surface area contributed by atoms with Crippen LogP contribution in [0.4, 0.5) is 5.69 Å². The summed E-state index contributed by atoms with van der Waals surface area (Å²) in [5, 5.41) is 6.57. The summed E-state index contributed by atoms with van der Waals surface area (Å²) in [6, 6.07) is 8.22. The molecule has 1 unspecified atom stereocenters. The minimum absolute atomic E-state index is 0.0347. The Morgan fingerprint density at radius 2 is 2.00 bits per heavy atom. The molecule has 3 rings (SSSR count). The Morgan fingerprint density at radius 3 is 2.77 bits per heavy atom. The second-order valence-corrected chi connectivity index (χ2v) is 6.49. The van der Waals surface area contributed by atoms with Crippen molar-refractivity contribution in [2.24, 2.45) is 5.92 Å². The van der Waals surface area contributed by atoms with Gasteiger partial charge in [0.15, 0.2) is 0 Å². The third kappa shape index (κ3) is 3.50. The fraction of sp³-hybridized carbons (Fsp3) is 0.611. The molecule has 0 bridgehead atoms. The van der Waals surface area contributed by atoms with E-state index in [2.05, 4.69) is 34.6 Å². The molecule has 1 amide bonds. The highest BCUT2D eigenvalue weighted by Crippen LogP contribution is 2.26. The maximum absolute atomic E-state index is 12.6. The Balaban J connectivity index is 1.59. The second kappa shape index (κ2) is 7.25. The summed E-state index contributed by atoms with van der Waals surface area (Å²) in [5.74, 6) is 0.942. The molecule has 2 N–H and O–H groups in total. The minimum atomic E-state index is 0.0347. The molecule has 2 heterocycles. The van der Waals surface area contributed by atoms with Crippen molar-refractivity contribution in [1.29, 1.82) is 0 Å². The molecule has 0 aliphatic carbocycles. The zero-order chi connectivity index (χ0) is 15.4. The van der Waals surface area contributed by atoms with Crippen LogP contribution in [0.1, 0.15) is 31.7 Å². The van der Waals surface area contributed by atoms with Crippen LogP contribution in [0.15, 0.2) is 24.3 Å². The van der Waals surface area contributed by atoms with E-state index in [1.54, 1.807) is 0 Å². The highest BCUT2D eigenvalue weighted by Gasteiger charge is 2.31. The van der Waals surface area contributed by atoms with Gasteiger partial charge in [0.2, 0.25) is 5.91 Å². The van der Waals surface area contributed by atoms with Crippen molar-refractivity contribution in [2.75, 3.05) is 31.5 Å². The molecule has 4 nitrogen and oxygen atoms in total. The number of hydrogen-bond donors (Lipinski definition) is 2. The second-order valence-electron chi connectivity index (χ2n) is 6.49. The normalized spacial score (nSPS) is 23.7. The van der Waals surface area contributed by atoms with Gasteiger partial charge in [-0.15, -0.1) is 0 Å². The molecule has 1 fully saturated rings. The number of hydrogen-bond acceptors (Lipinski definition) is 3. The van der Waals surface area contributed by atoms with E-state index in [9.17, 15) is 4.79 Å². The number of rotatable bonds is 4. The van der Waals surface area contributed by atoms with Crippen molar-refractivity contribution in [3.63, 3.8) is 0 Å². The fourth-order valence-electron chi connectivity index (χ4n) is 3.67. The van der Waals surface area contributed by atoms with Crippen LogP contribution < -0.4 is 10.6 Å². The number of fused-ring (bicyclic) bond motifs is 1. The predicted octanol–water partition coefficient (Wildman–Crippen LogP) is 2.26. The molecule has 2 aliphatic heterocycles. The molecule has 0 radical (unpaired) electrons. The van der Waals surface area contributed by atoms with Crippen LogP contribution in [0.3, 0.4) is 0 Å². The molecule has 1 atom stereocenters. The monoisotopic (exact) mass is 301 g/mol. The minimum Gasteiger partial charge on any atom is -0.324 e. The Labute approximate surface area is 133 Å². The van der Waals surface area contributed by atoms with Crippen molar-refractivity contribution in [3.8, 4) is 0 Å². The maximum atomic E-state index is 12.6. The van der Waals surface area contributed by atoms with Gasteiger partial charge in [0.25, 0.3) is 0 Å². The first-order valence-electron chi connectivity index (χ1n) is 8.61. The fourth-order valence-corrected chi connectivity index (χ4v) is 3.67. The summed E-state index contributed by atoms with van der Waals surface area (Å²) in [6.07, 6.45) is 4.31. The number of nitrogens with one attached hydrogen (secondary N) is 2. The van der Waals surface area contributed by atoms with Gasteiger partial charge in [0, 0.05) is 5.69 Å². The molecular formula is C18H27N3O. The van der Waals surface area contributed by atoms with Gasteiger partial charge in [-0.25, -0.2) is 0 Å². The van der Waals surface area contributed by atoms with E-state index in [0.717, 1.165) is 50.6 Å². The lowest BCUT2D eigenvalue weighted by molar-refractivity contribution is -0.122. The average Bonchev–Trinajstić information content (AvgIpc) is 2.72. The van der Waals surface area contributed by atoms with Crippen molar-refractivity contribution in [1.82, 2.24) is 10.2 Å². The maximum Gasteiger partial charge on any atom is 0.241 e. The number of nitrogens with zero attached hydrogens (tertiary/aromatic N) is 1. The number of anilines is 1. The van der Waals surface area contributed by atoms with Crippen LogP contribution in [0.25, 0.3) is 0 Å². The standard InChI is InChI=1S/C18H27N3O/c1-2-19-13-14-9-11-21(12-10-14)17-8-7-15-5-3-4-6-16(15)20-18(17)22/h3-6,14,17,19H,2,7-13H2,1H3,(H,20,22). The van der Waals surface area contributed by atoms with E-state index in [0.29, 0.717) is 0 Å². The molecule has 0 spiro atoms. The van der Waals surface area contributed by atoms with E-state index in [1.807, 2.05) is 12.1 Å². The summed E-state index contributed by atoms with van der Waals surface area (Å²) in [6.45, 7) is 6.41. The lowest BCUT2D eigenvalue weighted by Crippen LogP contribution is -2.48. The average molecular weight is 301 g/mol. The lowest BCUT2D eigenvalue weighted by atomic mass is 9.94. The SMILES string of the molecule is CCNCC1CCN(C2CCc3ccccc3NC2=O)CC1. The number of carbonyl (C=O) groups is 1. The molecule has 0 aromatic heterocycles. The van der Waals surface area contributed by atoms with Crippen LogP contribution in [0, 0.1) is 5.92 Å². The zero-order valence-electron chi connectivity index (χ0n) is 13.5. The largest absolute Gasteiger partial charge is 0.324 e. The van der Waals surface area contributed by atoms with Crippen LogP contribution in [0.2, 0.25) is 0 Å². The summed E-state index contributed by atoms with van der Waals surface area (Å²) in [5.41, 5.74) is 2.26. The van der Waals surface area contributed by atoms with Crippen LogP contribution in [0.5, 0.6) is 0 Å². The molecule has 0 saturated carbocycles. The van der Waals surface area contributed by atoms with Gasteiger partial charge in [-0.3, -0.25) is 9.69 Å². The van der Waals surface area contributed by atoms with Crippen molar-refractivity contribution in [3.05, 3.63) is 29.8 Å². The predicted molar refractivity (Wildman–Crippen MR) is 90.0 cm³/mol. The first-order chi connectivity index (χ1) is 10.8. The number of aryl methyl sites for hydroxylation is 1. The van der Waals surface area contributed by atoms with E-state index in [4.69, 9.17) is 0 Å². The van der Waals surface area contributed by atoms with Gasteiger partial charge in [-0.2, -0.15) is 0 Å². The van der Waals surface area contributed by atoms with Crippen LogP contribution >= 0.6 is 0 Å². The van der Waals surface area contributed by atoms with Crippen molar-refractivity contribution >= 4 is 11.6 Å². The number of likely N-dealkylation sites (tertiary alicyclic amines) is 1. The highest BCUT2D eigenvalue weighted by molar-refractivity contribution is 5.96. The van der Waals surface area contributed by atoms with E-state index >= 15 is 0 Å². The van der Waals surface area contributed by atoms with Crippen molar-refractivity contribution in [2.45, 2.75) is 38.6 Å². The topological polar surface area (TPSA) is 44.4 Å². The molecule has 1 aromatic rings. The van der Waals surface area contributed by atoms with Gasteiger partial charge in [0.05, 0.1) is 6.04 Å². The van der Waals surface area contributed by atoms with Gasteiger partial charge in [-0.1, -0.05) is 25.1 Å². The smallest absolute Gasteiger partial charge is 0.241 e. The van der Waals surface area contributed by atoms with Gasteiger partial charge >= 0.3 is 0 Å². The molecule has 2 aliphatic rings. The quantitative estimate of drug-likeness (QED) is 0.896.